The molecule has 4 rings (SSSR count). The zero-order valence-corrected chi connectivity index (χ0v) is 18.4. The van der Waals surface area contributed by atoms with E-state index in [-0.39, 0.29) is 5.91 Å². The van der Waals surface area contributed by atoms with E-state index in [0.717, 1.165) is 81.0 Å². The number of likely N-dealkylation sites (tertiary alicyclic amines) is 1. The van der Waals surface area contributed by atoms with Crippen LogP contribution in [0.1, 0.15) is 25.5 Å². The fourth-order valence-corrected chi connectivity index (χ4v) is 4.82. The van der Waals surface area contributed by atoms with E-state index in [0.29, 0.717) is 6.04 Å². The minimum atomic E-state index is 0.204. The van der Waals surface area contributed by atoms with Gasteiger partial charge >= 0.3 is 0 Å². The van der Waals surface area contributed by atoms with Crippen LogP contribution in [0.5, 0.6) is 0 Å². The highest BCUT2D eigenvalue weighted by Gasteiger charge is 2.29. The van der Waals surface area contributed by atoms with Gasteiger partial charge in [0.05, 0.1) is 5.69 Å². The van der Waals surface area contributed by atoms with Gasteiger partial charge in [-0.2, -0.15) is 0 Å². The Labute approximate surface area is 174 Å². The van der Waals surface area contributed by atoms with Gasteiger partial charge in [0.25, 0.3) is 0 Å². The van der Waals surface area contributed by atoms with Crippen LogP contribution in [0.3, 0.4) is 0 Å². The number of fused-ring (bicyclic) bond motifs is 1. The Bertz CT molecular complexity index is 810. The van der Waals surface area contributed by atoms with Gasteiger partial charge < -0.3 is 14.9 Å². The summed E-state index contributed by atoms with van der Waals surface area (Å²) < 4.78 is 2.99. The van der Waals surface area contributed by atoms with E-state index in [9.17, 15) is 4.79 Å². The van der Waals surface area contributed by atoms with Crippen LogP contribution < -0.4 is 4.90 Å². The van der Waals surface area contributed by atoms with Gasteiger partial charge in [0, 0.05) is 71.7 Å². The van der Waals surface area contributed by atoms with E-state index in [2.05, 4.69) is 35.1 Å². The molecule has 2 aromatic rings. The van der Waals surface area contributed by atoms with Crippen molar-refractivity contribution in [2.45, 2.75) is 32.7 Å². The van der Waals surface area contributed by atoms with Crippen molar-refractivity contribution in [2.24, 2.45) is 0 Å². The van der Waals surface area contributed by atoms with E-state index in [1.54, 1.807) is 6.92 Å². The number of aliphatic hydroxyl groups excluding tert-OH is 1. The van der Waals surface area contributed by atoms with Gasteiger partial charge in [-0.15, -0.1) is 0 Å². The predicted octanol–water partition coefficient (Wildman–Crippen LogP) is 1.54. The first-order valence-electron chi connectivity index (χ1n) is 9.73. The Morgan fingerprint density at radius 3 is 2.39 bits per heavy atom. The van der Waals surface area contributed by atoms with Crippen molar-refractivity contribution in [3.63, 3.8) is 0 Å². The summed E-state index contributed by atoms with van der Waals surface area (Å²) in [4.78, 5) is 27.5. The number of hydrogen-bond donors (Lipinski definition) is 1. The predicted molar refractivity (Wildman–Crippen MR) is 113 cm³/mol. The van der Waals surface area contributed by atoms with Gasteiger partial charge in [0.2, 0.25) is 11.9 Å². The highest BCUT2D eigenvalue weighted by molar-refractivity contribution is 9.10. The van der Waals surface area contributed by atoms with E-state index in [1.165, 1.54) is 0 Å². The Balaban J connectivity index is 0.00000109. The third-order valence-electron chi connectivity index (χ3n) is 5.70. The van der Waals surface area contributed by atoms with E-state index in [4.69, 9.17) is 10.1 Å². The summed E-state index contributed by atoms with van der Waals surface area (Å²) in [6.45, 7) is 9.50. The quantitative estimate of drug-likeness (QED) is 0.744. The molecule has 1 N–H and O–H groups in total. The average molecular weight is 453 g/mol. The zero-order valence-electron chi connectivity index (χ0n) is 16.8. The molecular formula is C19H29BrN6O2. The maximum absolute atomic E-state index is 11.5. The molecule has 2 aromatic heterocycles. The first kappa shape index (κ1) is 21.0. The van der Waals surface area contributed by atoms with Gasteiger partial charge in [-0.1, -0.05) is 0 Å². The molecule has 0 unspecified atom stereocenters. The van der Waals surface area contributed by atoms with Gasteiger partial charge in [-0.3, -0.25) is 19.1 Å². The van der Waals surface area contributed by atoms with Gasteiger partial charge in [-0.25, -0.2) is 4.98 Å². The third kappa shape index (κ3) is 4.16. The molecule has 28 heavy (non-hydrogen) atoms. The number of hydrogen-bond acceptors (Lipinski definition) is 6. The fraction of sp³-hybridized carbons (Fsp3) is 0.632. The maximum Gasteiger partial charge on any atom is 0.219 e. The van der Waals surface area contributed by atoms with Crippen LogP contribution in [0, 0.1) is 6.92 Å². The van der Waals surface area contributed by atoms with Crippen molar-refractivity contribution >= 4 is 33.3 Å². The van der Waals surface area contributed by atoms with Crippen LogP contribution >= 0.6 is 15.9 Å². The lowest BCUT2D eigenvalue weighted by molar-refractivity contribution is -0.130. The molecule has 2 fully saturated rings. The number of halogens is 1. The molecular weight excluding hydrogens is 424 g/mol. The van der Waals surface area contributed by atoms with Crippen LogP contribution in [0.15, 0.2) is 17.0 Å². The molecule has 4 heterocycles. The van der Waals surface area contributed by atoms with Crippen molar-refractivity contribution in [1.82, 2.24) is 24.2 Å². The highest BCUT2D eigenvalue weighted by atomic mass is 79.9. The number of amides is 1. The summed E-state index contributed by atoms with van der Waals surface area (Å²) in [5, 5.41) is 7.00. The van der Waals surface area contributed by atoms with E-state index >= 15 is 0 Å². The van der Waals surface area contributed by atoms with E-state index in [1.807, 2.05) is 24.2 Å². The van der Waals surface area contributed by atoms with E-state index < -0.39 is 0 Å². The number of rotatable bonds is 2. The number of nitrogens with zero attached hydrogens (tertiary/aromatic N) is 6. The molecule has 0 atom stereocenters. The Hall–Kier alpha value is -1.71. The second kappa shape index (κ2) is 9.19. The molecule has 0 bridgehead atoms. The van der Waals surface area contributed by atoms with Crippen molar-refractivity contribution in [3.8, 4) is 0 Å². The number of aliphatic hydroxyl groups is 1. The largest absolute Gasteiger partial charge is 0.400 e. The zero-order chi connectivity index (χ0) is 20.3. The molecule has 2 aliphatic rings. The number of aromatic nitrogens is 3. The average Bonchev–Trinajstić information content (AvgIpc) is 3.07. The number of carbonyl (C=O) groups is 1. The molecule has 8 nitrogen and oxygen atoms in total. The lowest BCUT2D eigenvalue weighted by Crippen LogP contribution is -2.54. The van der Waals surface area contributed by atoms with Gasteiger partial charge in [0.15, 0.2) is 0 Å². The number of imidazole rings is 1. The molecule has 2 saturated heterocycles. The minimum Gasteiger partial charge on any atom is -0.400 e. The van der Waals surface area contributed by atoms with Crippen molar-refractivity contribution in [2.75, 3.05) is 51.3 Å². The Morgan fingerprint density at radius 2 is 1.79 bits per heavy atom. The van der Waals surface area contributed by atoms with Crippen molar-refractivity contribution in [1.29, 1.82) is 0 Å². The summed E-state index contributed by atoms with van der Waals surface area (Å²) in [5.74, 6) is 1.19. The number of piperidine rings is 1. The minimum absolute atomic E-state index is 0.204. The fourth-order valence-electron chi connectivity index (χ4n) is 4.19. The van der Waals surface area contributed by atoms with Crippen LogP contribution in [-0.2, 0) is 4.79 Å². The van der Waals surface area contributed by atoms with Crippen molar-refractivity contribution < 1.29 is 9.90 Å². The lowest BCUT2D eigenvalue weighted by atomic mass is 10.0. The highest BCUT2D eigenvalue weighted by Crippen LogP contribution is 2.27. The third-order valence-corrected chi connectivity index (χ3v) is 6.25. The molecule has 2 aliphatic heterocycles. The molecule has 0 aliphatic carbocycles. The summed E-state index contributed by atoms with van der Waals surface area (Å²) >= 11 is 3.59. The number of anilines is 1. The molecule has 0 spiro atoms. The Kier molecular flexibility index (Phi) is 6.90. The van der Waals surface area contributed by atoms with Crippen molar-refractivity contribution in [3.05, 3.63) is 22.7 Å². The van der Waals surface area contributed by atoms with Crippen LogP contribution in [0.4, 0.5) is 5.95 Å². The smallest absolute Gasteiger partial charge is 0.219 e. The molecule has 154 valence electrons. The topological polar surface area (TPSA) is 77.2 Å². The second-order valence-corrected chi connectivity index (χ2v) is 7.95. The lowest BCUT2D eigenvalue weighted by Gasteiger charge is -2.42. The SMILES string of the molecule is CC(=O)N1CCC(N2CCN(c3nc(Br)c4c(C)nccn34)CC2)CC1.CO. The summed E-state index contributed by atoms with van der Waals surface area (Å²) in [7, 11) is 1.00. The molecule has 9 heteroatoms. The Morgan fingerprint density at radius 1 is 1.14 bits per heavy atom. The van der Waals surface area contributed by atoms with Crippen LogP contribution in [0.25, 0.3) is 5.52 Å². The number of aryl methyl sites for hydroxylation is 1. The normalized spacial score (nSPS) is 18.9. The maximum atomic E-state index is 11.5. The summed E-state index contributed by atoms with van der Waals surface area (Å²) in [5.41, 5.74) is 2.02. The molecule has 0 radical (unpaired) electrons. The first-order chi connectivity index (χ1) is 13.5. The second-order valence-electron chi connectivity index (χ2n) is 7.19. The van der Waals surface area contributed by atoms with Gasteiger partial charge in [-0.05, 0) is 35.7 Å². The first-order valence-corrected chi connectivity index (χ1v) is 10.5. The molecule has 0 saturated carbocycles. The molecule has 0 aromatic carbocycles. The summed E-state index contributed by atoms with van der Waals surface area (Å²) in [6.07, 6.45) is 5.99. The van der Waals surface area contributed by atoms with Crippen LogP contribution in [-0.4, -0.2) is 87.6 Å². The van der Waals surface area contributed by atoms with Gasteiger partial charge in [0.1, 0.15) is 10.1 Å². The molecule has 1 amide bonds. The number of piperazine rings is 1. The number of carbonyl (C=O) groups excluding carboxylic acids is 1. The monoisotopic (exact) mass is 452 g/mol. The standard InChI is InChI=1S/C18H25BrN6O.CH4O/c1-13-16-17(19)21-18(25(16)8-5-20-13)24-11-9-23(10-12-24)15-3-6-22(7-4-15)14(2)26;1-2/h5,8,15H,3-4,6-7,9-12H2,1-2H3;2H,1H3. The van der Waals surface area contributed by atoms with Crippen LogP contribution in [0.2, 0.25) is 0 Å². The summed E-state index contributed by atoms with van der Waals surface area (Å²) in [6, 6.07) is 0.600.